The fourth-order valence-corrected chi connectivity index (χ4v) is 3.31. The van der Waals surface area contributed by atoms with Gasteiger partial charge in [0.2, 0.25) is 0 Å². The molecule has 0 spiro atoms. The normalized spacial score (nSPS) is 22.0. The number of ether oxygens (including phenoxy) is 2. The number of quaternary nitrogens is 1. The van der Waals surface area contributed by atoms with Crippen molar-refractivity contribution in [2.24, 2.45) is 5.92 Å². The molecule has 1 aromatic carbocycles. The van der Waals surface area contributed by atoms with Gasteiger partial charge < -0.3 is 19.5 Å². The number of hydrogen-bond donors (Lipinski definition) is 2. The fraction of sp³-hybridized carbons (Fsp3) is 0.611. The maximum Gasteiger partial charge on any atom is 0.309 e. The second kappa shape index (κ2) is 9.25. The van der Waals surface area contributed by atoms with Gasteiger partial charge in [-0.25, -0.2) is 0 Å². The van der Waals surface area contributed by atoms with E-state index in [2.05, 4.69) is 0 Å². The van der Waals surface area contributed by atoms with Crippen LogP contribution in [0, 0.1) is 12.8 Å². The van der Waals surface area contributed by atoms with Crippen LogP contribution in [0.1, 0.15) is 25.3 Å². The Morgan fingerprint density at radius 2 is 2.12 bits per heavy atom. The van der Waals surface area contributed by atoms with Crippen LogP contribution in [0.15, 0.2) is 18.2 Å². The molecule has 1 fully saturated rings. The van der Waals surface area contributed by atoms with Crippen LogP contribution in [0.2, 0.25) is 5.02 Å². The van der Waals surface area contributed by atoms with E-state index in [9.17, 15) is 9.90 Å². The van der Waals surface area contributed by atoms with Gasteiger partial charge in [-0.1, -0.05) is 11.6 Å². The fourth-order valence-electron chi connectivity index (χ4n) is 3.08. The van der Waals surface area contributed by atoms with Crippen LogP contribution in [0.25, 0.3) is 0 Å². The summed E-state index contributed by atoms with van der Waals surface area (Å²) in [7, 11) is 0. The predicted octanol–water partition coefficient (Wildman–Crippen LogP) is 1.25. The molecule has 1 atom stereocenters. The summed E-state index contributed by atoms with van der Waals surface area (Å²) in [5.74, 6) is 0.673. The summed E-state index contributed by atoms with van der Waals surface area (Å²) in [6, 6.07) is 5.44. The van der Waals surface area contributed by atoms with Crippen LogP contribution in [0.5, 0.6) is 5.75 Å². The van der Waals surface area contributed by atoms with Gasteiger partial charge in [-0.15, -0.1) is 0 Å². The van der Waals surface area contributed by atoms with Crippen molar-refractivity contribution in [2.45, 2.75) is 32.8 Å². The van der Waals surface area contributed by atoms with Crippen molar-refractivity contribution >= 4 is 17.6 Å². The average molecular weight is 357 g/mol. The van der Waals surface area contributed by atoms with E-state index in [1.165, 1.54) is 4.90 Å². The van der Waals surface area contributed by atoms with Crippen LogP contribution in [-0.2, 0) is 9.53 Å². The molecule has 5 nitrogen and oxygen atoms in total. The molecule has 2 rings (SSSR count). The molecule has 0 bridgehead atoms. The molecule has 6 heteroatoms. The lowest BCUT2D eigenvalue weighted by Gasteiger charge is -2.29. The molecule has 0 saturated carbocycles. The van der Waals surface area contributed by atoms with E-state index in [4.69, 9.17) is 21.1 Å². The first-order valence-corrected chi connectivity index (χ1v) is 8.94. The summed E-state index contributed by atoms with van der Waals surface area (Å²) < 4.78 is 10.8. The monoisotopic (exact) mass is 356 g/mol. The molecule has 0 aromatic heterocycles. The molecule has 1 aromatic rings. The maximum atomic E-state index is 11.7. The van der Waals surface area contributed by atoms with E-state index < -0.39 is 6.10 Å². The Kier molecular flexibility index (Phi) is 7.34. The largest absolute Gasteiger partial charge is 0.490 e. The number of esters is 1. The van der Waals surface area contributed by atoms with E-state index >= 15 is 0 Å². The molecule has 0 unspecified atom stereocenters. The Morgan fingerprint density at radius 1 is 1.42 bits per heavy atom. The predicted molar refractivity (Wildman–Crippen MR) is 92.6 cm³/mol. The SMILES string of the molecule is CCOC(=O)C1CC[NH+](C[C@@H](O)COc2ccc(Cl)cc2C)CC1. The molecule has 1 saturated heterocycles. The van der Waals surface area contributed by atoms with Crippen molar-refractivity contribution in [3.8, 4) is 5.75 Å². The number of halogens is 1. The number of rotatable bonds is 7. The lowest BCUT2D eigenvalue weighted by molar-refractivity contribution is -0.908. The number of benzene rings is 1. The van der Waals surface area contributed by atoms with Crippen LogP contribution >= 0.6 is 11.6 Å². The van der Waals surface area contributed by atoms with Crippen molar-refractivity contribution < 1.29 is 24.3 Å². The third-order valence-corrected chi connectivity index (χ3v) is 4.64. The topological polar surface area (TPSA) is 60.2 Å². The highest BCUT2D eigenvalue weighted by Crippen LogP contribution is 2.21. The smallest absolute Gasteiger partial charge is 0.309 e. The summed E-state index contributed by atoms with van der Waals surface area (Å²) in [6.45, 7) is 6.83. The molecule has 0 amide bonds. The number of aliphatic hydroxyl groups excluding tert-OH is 1. The number of carbonyl (C=O) groups is 1. The number of hydrogen-bond acceptors (Lipinski definition) is 4. The van der Waals surface area contributed by atoms with Crippen LogP contribution in [0.3, 0.4) is 0 Å². The van der Waals surface area contributed by atoms with E-state index in [1.807, 2.05) is 26.0 Å². The first-order chi connectivity index (χ1) is 11.5. The van der Waals surface area contributed by atoms with Crippen molar-refractivity contribution in [1.82, 2.24) is 0 Å². The number of nitrogens with one attached hydrogen (secondary N) is 1. The van der Waals surface area contributed by atoms with Crippen molar-refractivity contribution in [1.29, 1.82) is 0 Å². The van der Waals surface area contributed by atoms with Gasteiger partial charge in [0.15, 0.2) is 0 Å². The molecule has 1 aliphatic rings. The Labute approximate surface area is 148 Å². The van der Waals surface area contributed by atoms with Crippen LogP contribution in [0.4, 0.5) is 0 Å². The third kappa shape index (κ3) is 5.65. The zero-order valence-corrected chi connectivity index (χ0v) is 15.1. The molecular formula is C18H27ClNO4+. The first kappa shape index (κ1) is 19.0. The minimum atomic E-state index is -0.533. The molecular weight excluding hydrogens is 330 g/mol. The van der Waals surface area contributed by atoms with Gasteiger partial charge in [0, 0.05) is 17.9 Å². The maximum absolute atomic E-state index is 11.7. The second-order valence-corrected chi connectivity index (χ2v) is 6.79. The summed E-state index contributed by atoms with van der Waals surface area (Å²) in [5, 5.41) is 10.9. The van der Waals surface area contributed by atoms with E-state index in [0.717, 1.165) is 37.2 Å². The van der Waals surface area contributed by atoms with E-state index in [1.54, 1.807) is 6.07 Å². The van der Waals surface area contributed by atoms with Crippen molar-refractivity contribution in [2.75, 3.05) is 32.8 Å². The Morgan fingerprint density at radius 3 is 2.75 bits per heavy atom. The standard InChI is InChI=1S/C18H26ClNO4/c1-3-23-18(22)14-6-8-20(9-7-14)11-16(21)12-24-17-5-4-15(19)10-13(17)2/h4-5,10,14,16,21H,3,6-9,11-12H2,1-2H3/p+1/t16-/m1/s1. The molecule has 0 radical (unpaired) electrons. The number of piperidine rings is 1. The summed E-state index contributed by atoms with van der Waals surface area (Å²) in [4.78, 5) is 13.0. The number of aryl methyl sites for hydroxylation is 1. The summed E-state index contributed by atoms with van der Waals surface area (Å²) >= 11 is 5.92. The summed E-state index contributed by atoms with van der Waals surface area (Å²) in [6.07, 6.45) is 1.10. The average Bonchev–Trinajstić information content (AvgIpc) is 2.55. The van der Waals surface area contributed by atoms with Gasteiger partial charge in [-0.3, -0.25) is 4.79 Å². The second-order valence-electron chi connectivity index (χ2n) is 6.36. The zero-order chi connectivity index (χ0) is 17.5. The number of likely N-dealkylation sites (tertiary alicyclic amines) is 1. The number of carbonyl (C=O) groups excluding carboxylic acids is 1. The zero-order valence-electron chi connectivity index (χ0n) is 14.4. The Bertz CT molecular complexity index is 544. The van der Waals surface area contributed by atoms with E-state index in [0.29, 0.717) is 18.2 Å². The first-order valence-electron chi connectivity index (χ1n) is 8.56. The van der Waals surface area contributed by atoms with Gasteiger partial charge >= 0.3 is 5.97 Å². The highest BCUT2D eigenvalue weighted by Gasteiger charge is 2.29. The lowest BCUT2D eigenvalue weighted by atomic mass is 9.97. The molecule has 2 N–H and O–H groups in total. The van der Waals surface area contributed by atoms with Crippen molar-refractivity contribution in [3.05, 3.63) is 28.8 Å². The minimum Gasteiger partial charge on any atom is -0.490 e. The highest BCUT2D eigenvalue weighted by molar-refractivity contribution is 6.30. The molecule has 134 valence electrons. The van der Waals surface area contributed by atoms with Crippen molar-refractivity contribution in [3.63, 3.8) is 0 Å². The van der Waals surface area contributed by atoms with E-state index in [-0.39, 0.29) is 18.5 Å². The molecule has 24 heavy (non-hydrogen) atoms. The Hall–Kier alpha value is -1.30. The molecule has 1 aliphatic heterocycles. The third-order valence-electron chi connectivity index (χ3n) is 4.41. The van der Waals surface area contributed by atoms with Crippen LogP contribution < -0.4 is 9.64 Å². The minimum absolute atomic E-state index is 0.0128. The van der Waals surface area contributed by atoms with Gasteiger partial charge in [0.05, 0.1) is 25.6 Å². The number of aliphatic hydroxyl groups is 1. The lowest BCUT2D eigenvalue weighted by Crippen LogP contribution is -3.14. The van der Waals surface area contributed by atoms with Gasteiger partial charge in [0.25, 0.3) is 0 Å². The van der Waals surface area contributed by atoms with Gasteiger partial charge in [-0.05, 0) is 37.6 Å². The molecule has 1 heterocycles. The summed E-state index contributed by atoms with van der Waals surface area (Å²) in [5.41, 5.74) is 0.956. The van der Waals surface area contributed by atoms with Gasteiger partial charge in [-0.2, -0.15) is 0 Å². The highest BCUT2D eigenvalue weighted by atomic mass is 35.5. The Balaban J connectivity index is 1.71. The van der Waals surface area contributed by atoms with Crippen LogP contribution in [-0.4, -0.2) is 50.0 Å². The molecule has 0 aliphatic carbocycles. The quantitative estimate of drug-likeness (QED) is 0.722. The van der Waals surface area contributed by atoms with Gasteiger partial charge in [0.1, 0.15) is 25.0 Å².